The SMILES string of the molecule is CCCCCCC(OCC)C(OCC)(OCC)[Si](OC)(OC)OCOC. The van der Waals surface area contributed by atoms with Gasteiger partial charge in [-0.05, 0) is 27.2 Å². The van der Waals surface area contributed by atoms with Crippen LogP contribution in [0.15, 0.2) is 0 Å². The summed E-state index contributed by atoms with van der Waals surface area (Å²) in [6, 6.07) is 0. The standard InChI is InChI=1S/C18H40O7Si/c1-8-12-13-14-15-17(22-9-2)18(23-10-3,24-11-4)26(20-6,21-7)25-16-19-5/h17H,8-16H2,1-7H3. The van der Waals surface area contributed by atoms with Gasteiger partial charge in [-0.2, -0.15) is 0 Å². The van der Waals surface area contributed by atoms with Gasteiger partial charge in [0, 0.05) is 41.2 Å². The summed E-state index contributed by atoms with van der Waals surface area (Å²) < 4.78 is 41.1. The Morgan fingerprint density at radius 2 is 1.42 bits per heavy atom. The van der Waals surface area contributed by atoms with Crippen molar-refractivity contribution in [2.75, 3.05) is 47.9 Å². The van der Waals surface area contributed by atoms with Gasteiger partial charge >= 0.3 is 8.80 Å². The van der Waals surface area contributed by atoms with E-state index in [9.17, 15) is 0 Å². The molecule has 0 heterocycles. The fraction of sp³-hybridized carbons (Fsp3) is 1.00. The largest absolute Gasteiger partial charge is 0.567 e. The van der Waals surface area contributed by atoms with Crippen molar-refractivity contribution in [2.45, 2.75) is 71.3 Å². The third kappa shape index (κ3) is 6.83. The van der Waals surface area contributed by atoms with Crippen molar-refractivity contribution in [3.8, 4) is 0 Å². The molecule has 158 valence electrons. The maximum absolute atomic E-state index is 6.17. The lowest BCUT2D eigenvalue weighted by Gasteiger charge is -2.46. The quantitative estimate of drug-likeness (QED) is 0.199. The molecule has 0 spiro atoms. The van der Waals surface area contributed by atoms with Gasteiger partial charge in [-0.1, -0.05) is 32.6 Å². The zero-order valence-corrected chi connectivity index (χ0v) is 18.8. The van der Waals surface area contributed by atoms with Crippen LogP contribution in [0.3, 0.4) is 0 Å². The predicted octanol–water partition coefficient (Wildman–Crippen LogP) is 3.52. The molecule has 0 N–H and O–H groups in total. The summed E-state index contributed by atoms with van der Waals surface area (Å²) in [5, 5.41) is 0. The van der Waals surface area contributed by atoms with E-state index in [-0.39, 0.29) is 12.9 Å². The number of unbranched alkanes of at least 4 members (excludes halogenated alkanes) is 3. The van der Waals surface area contributed by atoms with Gasteiger partial charge in [0.1, 0.15) is 12.9 Å². The molecule has 0 aliphatic heterocycles. The van der Waals surface area contributed by atoms with E-state index in [0.29, 0.717) is 19.8 Å². The molecule has 1 atom stereocenters. The van der Waals surface area contributed by atoms with Gasteiger partial charge in [-0.3, -0.25) is 0 Å². The van der Waals surface area contributed by atoms with Gasteiger partial charge < -0.3 is 32.2 Å². The molecule has 0 aliphatic carbocycles. The Morgan fingerprint density at radius 1 is 0.808 bits per heavy atom. The summed E-state index contributed by atoms with van der Waals surface area (Å²) in [7, 11) is 1.21. The molecular weight excluding hydrogens is 356 g/mol. The smallest absolute Gasteiger partial charge is 0.374 e. The van der Waals surface area contributed by atoms with Crippen molar-refractivity contribution < 1.29 is 32.2 Å². The van der Waals surface area contributed by atoms with E-state index >= 15 is 0 Å². The van der Waals surface area contributed by atoms with Crippen LogP contribution in [0.5, 0.6) is 0 Å². The highest BCUT2D eigenvalue weighted by Gasteiger charge is 2.68. The van der Waals surface area contributed by atoms with Crippen molar-refractivity contribution in [3.05, 3.63) is 0 Å². The summed E-state index contributed by atoms with van der Waals surface area (Å²) in [5.74, 6) is 0. The fourth-order valence-corrected chi connectivity index (χ4v) is 5.80. The Hall–Kier alpha value is -0.0631. The second-order valence-corrected chi connectivity index (χ2v) is 8.76. The van der Waals surface area contributed by atoms with Crippen LogP contribution in [0.1, 0.15) is 59.8 Å². The third-order valence-corrected chi connectivity index (χ3v) is 7.20. The minimum Gasteiger partial charge on any atom is -0.374 e. The highest BCUT2D eigenvalue weighted by molar-refractivity contribution is 6.63. The first-order valence-electron chi connectivity index (χ1n) is 9.70. The van der Waals surface area contributed by atoms with E-state index in [0.717, 1.165) is 19.3 Å². The van der Waals surface area contributed by atoms with Gasteiger partial charge in [0.25, 0.3) is 5.41 Å². The van der Waals surface area contributed by atoms with Crippen molar-refractivity contribution in [1.29, 1.82) is 0 Å². The minimum absolute atomic E-state index is 0.0183. The zero-order chi connectivity index (χ0) is 19.9. The number of hydrogen-bond donors (Lipinski definition) is 0. The molecule has 0 aliphatic rings. The summed E-state index contributed by atoms with van der Waals surface area (Å²) in [6.45, 7) is 9.35. The van der Waals surface area contributed by atoms with Crippen molar-refractivity contribution in [3.63, 3.8) is 0 Å². The van der Waals surface area contributed by atoms with Crippen LogP contribution < -0.4 is 0 Å². The van der Waals surface area contributed by atoms with Gasteiger partial charge in [0.15, 0.2) is 0 Å². The van der Waals surface area contributed by atoms with Gasteiger partial charge in [-0.15, -0.1) is 0 Å². The lowest BCUT2D eigenvalue weighted by Crippen LogP contribution is -2.72. The summed E-state index contributed by atoms with van der Waals surface area (Å²) >= 11 is 0. The molecule has 8 heteroatoms. The topological polar surface area (TPSA) is 64.6 Å². The second kappa shape index (κ2) is 14.9. The lowest BCUT2D eigenvalue weighted by molar-refractivity contribution is -0.274. The van der Waals surface area contributed by atoms with Crippen LogP contribution >= 0.6 is 0 Å². The van der Waals surface area contributed by atoms with Crippen LogP contribution in [0.25, 0.3) is 0 Å². The summed E-state index contributed by atoms with van der Waals surface area (Å²) in [6.07, 6.45) is 4.89. The number of methoxy groups -OCH3 is 1. The molecule has 0 aromatic heterocycles. The summed E-state index contributed by atoms with van der Waals surface area (Å²) in [4.78, 5) is 0. The molecule has 0 radical (unpaired) electrons. The Morgan fingerprint density at radius 3 is 1.85 bits per heavy atom. The molecule has 0 saturated heterocycles. The molecule has 0 fully saturated rings. The van der Waals surface area contributed by atoms with Gasteiger partial charge in [-0.25, -0.2) is 0 Å². The van der Waals surface area contributed by atoms with Gasteiger partial charge in [0.2, 0.25) is 0 Å². The predicted molar refractivity (Wildman–Crippen MR) is 103 cm³/mol. The molecule has 0 saturated carbocycles. The van der Waals surface area contributed by atoms with E-state index in [4.69, 9.17) is 32.2 Å². The normalized spacial score (nSPS) is 14.0. The van der Waals surface area contributed by atoms with Gasteiger partial charge in [0.05, 0.1) is 0 Å². The highest BCUT2D eigenvalue weighted by atomic mass is 28.4. The van der Waals surface area contributed by atoms with Crippen molar-refractivity contribution >= 4 is 8.80 Å². The molecule has 26 heavy (non-hydrogen) atoms. The van der Waals surface area contributed by atoms with Crippen molar-refractivity contribution in [1.82, 2.24) is 0 Å². The Bertz CT molecular complexity index is 321. The first kappa shape index (κ1) is 25.9. The molecule has 1 unspecified atom stereocenters. The van der Waals surface area contributed by atoms with Crippen LogP contribution in [0, 0.1) is 0 Å². The number of hydrogen-bond acceptors (Lipinski definition) is 7. The van der Waals surface area contributed by atoms with E-state index in [1.165, 1.54) is 12.8 Å². The lowest BCUT2D eigenvalue weighted by atomic mass is 10.1. The number of rotatable bonds is 18. The molecular formula is C18H40O7Si. The van der Waals surface area contributed by atoms with Crippen molar-refractivity contribution in [2.24, 2.45) is 0 Å². The first-order chi connectivity index (χ1) is 12.6. The van der Waals surface area contributed by atoms with E-state index in [2.05, 4.69) is 6.92 Å². The van der Waals surface area contributed by atoms with Crippen LogP contribution in [0.2, 0.25) is 0 Å². The molecule has 0 amide bonds. The molecule has 0 aromatic rings. The zero-order valence-electron chi connectivity index (χ0n) is 17.8. The fourth-order valence-electron chi connectivity index (χ4n) is 3.09. The molecule has 7 nitrogen and oxygen atoms in total. The van der Waals surface area contributed by atoms with E-state index in [1.807, 2.05) is 20.8 Å². The third-order valence-electron chi connectivity index (χ3n) is 4.16. The summed E-state index contributed by atoms with van der Waals surface area (Å²) in [5.41, 5.74) is -1.25. The van der Waals surface area contributed by atoms with Crippen LogP contribution in [-0.2, 0) is 32.2 Å². The average molecular weight is 397 g/mol. The highest BCUT2D eigenvalue weighted by Crippen LogP contribution is 2.36. The molecule has 0 aromatic carbocycles. The van der Waals surface area contributed by atoms with E-state index < -0.39 is 14.2 Å². The Labute approximate surface area is 160 Å². The number of ether oxygens (including phenoxy) is 4. The Kier molecular flexibility index (Phi) is 14.9. The van der Waals surface area contributed by atoms with Crippen LogP contribution in [0.4, 0.5) is 0 Å². The first-order valence-corrected chi connectivity index (χ1v) is 11.4. The maximum Gasteiger partial charge on any atom is 0.567 e. The maximum atomic E-state index is 6.17. The second-order valence-electron chi connectivity index (χ2n) is 5.84. The minimum atomic E-state index is -3.45. The molecule has 0 rings (SSSR count). The monoisotopic (exact) mass is 396 g/mol. The van der Waals surface area contributed by atoms with Crippen LogP contribution in [-0.4, -0.2) is 68.3 Å². The molecule has 0 bridgehead atoms. The average Bonchev–Trinajstić information content (AvgIpc) is 2.65. The Balaban J connectivity index is 5.86. The van der Waals surface area contributed by atoms with E-state index in [1.54, 1.807) is 21.3 Å².